The molecule has 6 N–H and O–H groups in total. The average Bonchev–Trinajstić information content (AvgIpc) is 1.75. The number of aryl methyl sites for hydroxylation is 2. The molecule has 3 fully saturated rings. The Balaban J connectivity index is 0.000000129. The molecule has 95 heavy (non-hydrogen) atoms. The first-order valence-electron chi connectivity index (χ1n) is 31.7. The second-order valence-electron chi connectivity index (χ2n) is 24.5. The third-order valence-electron chi connectivity index (χ3n) is 17.7. The van der Waals surface area contributed by atoms with Crippen LogP contribution in [0.15, 0.2) is 116 Å². The lowest BCUT2D eigenvalue weighted by atomic mass is 10.0. The van der Waals surface area contributed by atoms with Crippen LogP contribution in [0, 0.1) is 13.8 Å². The Morgan fingerprint density at radius 1 is 0.484 bits per heavy atom. The van der Waals surface area contributed by atoms with E-state index in [0.717, 1.165) is 193 Å². The minimum atomic E-state index is 0.517. The van der Waals surface area contributed by atoms with E-state index in [4.69, 9.17) is 96.4 Å². The Morgan fingerprint density at radius 2 is 0.937 bits per heavy atom. The molecule has 3 saturated heterocycles. The highest BCUT2D eigenvalue weighted by Gasteiger charge is 2.26. The Labute approximate surface area is 584 Å². The van der Waals surface area contributed by atoms with Crippen molar-refractivity contribution in [1.29, 1.82) is 0 Å². The van der Waals surface area contributed by atoms with Crippen LogP contribution in [0.3, 0.4) is 0 Å². The number of piperidine rings is 1. The number of anilines is 12. The molecule has 12 heterocycles. The monoisotopic (exact) mass is 1380 g/mol. The fourth-order valence-corrected chi connectivity index (χ4v) is 13.7. The molecule has 0 saturated carbocycles. The largest absolute Gasteiger partial charge is 0.368 e. The maximum absolute atomic E-state index is 6.21. The number of piperazine rings is 1. The van der Waals surface area contributed by atoms with Gasteiger partial charge in [0.25, 0.3) is 0 Å². The predicted molar refractivity (Wildman–Crippen MR) is 399 cm³/mol. The van der Waals surface area contributed by atoms with E-state index in [2.05, 4.69) is 128 Å². The molecule has 0 bridgehead atoms. The number of nitrogens with zero attached hydrogens (tertiary/aromatic N) is 14. The van der Waals surface area contributed by atoms with Gasteiger partial charge in [0, 0.05) is 156 Å². The molecule has 0 radical (unpaired) electrons. The number of likely N-dealkylation sites (N-methyl/N-ethyl adjacent to an activating group) is 1. The van der Waals surface area contributed by atoms with Crippen LogP contribution in [0.5, 0.6) is 0 Å². The van der Waals surface area contributed by atoms with E-state index >= 15 is 0 Å². The van der Waals surface area contributed by atoms with E-state index in [1.807, 2.05) is 93.2 Å². The van der Waals surface area contributed by atoms with E-state index in [9.17, 15) is 0 Å². The summed E-state index contributed by atoms with van der Waals surface area (Å²) in [5.41, 5.74) is 16.5. The molecule has 0 spiro atoms. The van der Waals surface area contributed by atoms with E-state index in [1.54, 1.807) is 6.20 Å². The summed E-state index contributed by atoms with van der Waals surface area (Å²) in [6.07, 6.45) is 15.7. The van der Waals surface area contributed by atoms with E-state index in [1.165, 1.54) is 12.8 Å². The zero-order valence-electron chi connectivity index (χ0n) is 53.3. The Bertz CT molecular complexity index is 4400. The molecule has 0 atom stereocenters. The first kappa shape index (κ1) is 65.3. The highest BCUT2D eigenvalue weighted by molar-refractivity contribution is 7.81. The third-order valence-corrected chi connectivity index (χ3v) is 19.1. The summed E-state index contributed by atoms with van der Waals surface area (Å²) in [6.45, 7) is 12.5. The standard InChI is InChI=1S/C25H28ClN7S.C22H22ClN7S.C22H21ClN6S/c1-15-20(6-7-22(28-15)33(3)18-8-10-32(2)11-9-18)30-25-27-14-16-12-23(34)29-21-13-17(26)4-5-19(21)24(16)31-25;1-29-4-6-30(7-5-29)17-10-16(12-24-13-17)26-22-25-11-14-8-20(31)27-19-9-15(23)2-3-18(19)21(14)28-22;1-13-17(6-7-19(25-13)29-8-2-3-9-29)27-22-24-12-14-10-20(30)26-18-11-15(23)4-5-16(18)21(14)28-22/h4-7,13-14,18H,8-12H2,1-3H3,(H,29,34)(H,27,30,31);2-3,9-13H,4-8H2,1H3,(H,27,31)(H,25,26,28);4-7,11-12H,2-3,8-10H2,1H3,(H,26,30)(H,24,27,28). The van der Waals surface area contributed by atoms with Crippen LogP contribution >= 0.6 is 71.5 Å². The van der Waals surface area contributed by atoms with Gasteiger partial charge in [-0.25, -0.2) is 39.9 Å². The Kier molecular flexibility index (Phi) is 19.9. The number of hydrogen-bond donors (Lipinski definition) is 6. The van der Waals surface area contributed by atoms with Crippen LogP contribution in [0.25, 0.3) is 33.8 Å². The highest BCUT2D eigenvalue weighted by atomic mass is 35.5. The molecule has 20 nitrogen and oxygen atoms in total. The Hall–Kier alpha value is -8.39. The van der Waals surface area contributed by atoms with Crippen molar-refractivity contribution in [2.75, 3.05) is 120 Å². The van der Waals surface area contributed by atoms with Crippen molar-refractivity contribution < 1.29 is 0 Å². The molecule has 3 aromatic carbocycles. The molecule has 6 aromatic heterocycles. The zero-order chi connectivity index (χ0) is 65.9. The van der Waals surface area contributed by atoms with Crippen molar-refractivity contribution in [3.05, 3.63) is 159 Å². The normalized spacial score (nSPS) is 15.9. The molecule has 9 aromatic rings. The number of likely N-dealkylation sites (tertiary alicyclic amines) is 1. The number of rotatable bonds is 10. The number of halogens is 3. The van der Waals surface area contributed by atoms with Gasteiger partial charge in [-0.15, -0.1) is 0 Å². The summed E-state index contributed by atoms with van der Waals surface area (Å²) in [5, 5.41) is 21.8. The quantitative estimate of drug-likeness (QED) is 0.0705. The van der Waals surface area contributed by atoms with Gasteiger partial charge in [0.15, 0.2) is 0 Å². The van der Waals surface area contributed by atoms with Crippen molar-refractivity contribution in [3.8, 4) is 33.8 Å². The first-order valence-corrected chi connectivity index (χ1v) is 34.0. The molecule has 486 valence electrons. The zero-order valence-corrected chi connectivity index (χ0v) is 58.0. The van der Waals surface area contributed by atoms with Crippen LogP contribution in [0.1, 0.15) is 53.8 Å². The smallest absolute Gasteiger partial charge is 0.227 e. The number of nitrogens with one attached hydrogen (secondary N) is 6. The molecular formula is C69H71Cl3N20S3. The lowest BCUT2D eigenvalue weighted by Crippen LogP contribution is -2.44. The molecule has 0 aliphatic carbocycles. The minimum absolute atomic E-state index is 0.517. The fraction of sp³-hybridized carbons (Fsp3) is 0.304. The summed E-state index contributed by atoms with van der Waals surface area (Å²) >= 11 is 35.0. The van der Waals surface area contributed by atoms with Crippen LogP contribution in [-0.2, 0) is 19.3 Å². The number of hydrogen-bond acceptors (Lipinski definition) is 20. The number of fused-ring (bicyclic) bond motifs is 9. The van der Waals surface area contributed by atoms with E-state index in [-0.39, 0.29) is 0 Å². The summed E-state index contributed by atoms with van der Waals surface area (Å²) in [4.78, 5) is 56.0. The molecule has 6 aliphatic rings. The average molecular weight is 1380 g/mol. The predicted octanol–water partition coefficient (Wildman–Crippen LogP) is 14.2. The van der Waals surface area contributed by atoms with Gasteiger partial charge < -0.3 is 56.4 Å². The van der Waals surface area contributed by atoms with Gasteiger partial charge in [0.1, 0.15) is 11.6 Å². The highest BCUT2D eigenvalue weighted by Crippen LogP contribution is 2.39. The summed E-state index contributed by atoms with van der Waals surface area (Å²) in [7, 11) is 6.47. The second kappa shape index (κ2) is 28.9. The lowest BCUT2D eigenvalue weighted by Gasteiger charge is -2.35. The fourth-order valence-electron chi connectivity index (χ4n) is 12.4. The van der Waals surface area contributed by atoms with Crippen molar-refractivity contribution in [1.82, 2.24) is 54.7 Å². The SMILES string of the molecule is CN1CCN(c2cncc(Nc3ncc4c(n3)-c3ccc(Cl)cc3NC(=S)C4)c2)CC1.Cc1nc(N(C)C2CCN(C)CC2)ccc1Nc1ncc2c(n1)-c1ccc(Cl)cc1NC(=S)C2.Cc1nc(N2CCCC2)ccc1Nc1ncc2c(n1)-c1ccc(Cl)cc1NC(=S)C2. The Morgan fingerprint density at radius 3 is 1.41 bits per heavy atom. The van der Waals surface area contributed by atoms with Gasteiger partial charge in [0.05, 0.1) is 78.6 Å². The number of pyridine rings is 3. The third kappa shape index (κ3) is 15.5. The van der Waals surface area contributed by atoms with Gasteiger partial charge in [0.2, 0.25) is 17.8 Å². The van der Waals surface area contributed by atoms with Crippen molar-refractivity contribution >= 4 is 156 Å². The van der Waals surface area contributed by atoms with Crippen LogP contribution < -0.4 is 46.6 Å². The molecule has 0 unspecified atom stereocenters. The van der Waals surface area contributed by atoms with Gasteiger partial charge >= 0.3 is 0 Å². The molecular weight excluding hydrogens is 1310 g/mol. The number of aromatic nitrogens is 9. The number of thiocarbonyl (C=S) groups is 3. The second-order valence-corrected chi connectivity index (χ2v) is 27.3. The maximum Gasteiger partial charge on any atom is 0.227 e. The van der Waals surface area contributed by atoms with Gasteiger partial charge in [-0.2, -0.15) is 0 Å². The van der Waals surface area contributed by atoms with Crippen molar-refractivity contribution in [3.63, 3.8) is 0 Å². The van der Waals surface area contributed by atoms with Crippen LogP contribution in [0.2, 0.25) is 15.1 Å². The molecule has 0 amide bonds. The maximum atomic E-state index is 6.21. The molecule has 15 rings (SSSR count). The minimum Gasteiger partial charge on any atom is -0.368 e. The summed E-state index contributed by atoms with van der Waals surface area (Å²) in [6, 6.07) is 27.9. The van der Waals surface area contributed by atoms with Gasteiger partial charge in [-0.3, -0.25) is 4.98 Å². The van der Waals surface area contributed by atoms with Crippen LogP contribution in [0.4, 0.5) is 69.3 Å². The van der Waals surface area contributed by atoms with E-state index < -0.39 is 0 Å². The van der Waals surface area contributed by atoms with Crippen molar-refractivity contribution in [2.24, 2.45) is 0 Å². The lowest BCUT2D eigenvalue weighted by molar-refractivity contribution is 0.252. The number of benzene rings is 3. The van der Waals surface area contributed by atoms with Crippen molar-refractivity contribution in [2.45, 2.75) is 64.8 Å². The summed E-state index contributed by atoms with van der Waals surface area (Å²) < 4.78 is 0. The molecule has 6 aliphatic heterocycles. The van der Waals surface area contributed by atoms with Crippen LogP contribution in [-0.4, -0.2) is 149 Å². The summed E-state index contributed by atoms with van der Waals surface area (Å²) in [5.74, 6) is 3.59. The van der Waals surface area contributed by atoms with Gasteiger partial charge in [-0.1, -0.05) is 71.5 Å². The van der Waals surface area contributed by atoms with Gasteiger partial charge in [-0.05, 0) is 152 Å². The van der Waals surface area contributed by atoms with E-state index in [0.29, 0.717) is 58.2 Å². The first-order chi connectivity index (χ1) is 46.0. The topological polar surface area (TPSA) is 204 Å². The molecule has 26 heteroatoms.